The van der Waals surface area contributed by atoms with Crippen molar-refractivity contribution in [2.24, 2.45) is 0 Å². The molecule has 3 rings (SSSR count). The van der Waals surface area contributed by atoms with E-state index in [2.05, 4.69) is 45.9 Å². The predicted molar refractivity (Wildman–Crippen MR) is 86.2 cm³/mol. The van der Waals surface area contributed by atoms with Gasteiger partial charge in [-0.2, -0.15) is 4.98 Å². The van der Waals surface area contributed by atoms with Crippen molar-refractivity contribution in [3.05, 3.63) is 52.7 Å². The van der Waals surface area contributed by atoms with E-state index in [-0.39, 0.29) is 0 Å². The lowest BCUT2D eigenvalue weighted by molar-refractivity contribution is 0.393. The molecule has 0 aliphatic carbocycles. The van der Waals surface area contributed by atoms with Crippen LogP contribution in [0.4, 0.5) is 0 Å². The van der Waals surface area contributed by atoms with Gasteiger partial charge in [0.05, 0.1) is 7.11 Å². The van der Waals surface area contributed by atoms with Crippen LogP contribution in [-0.2, 0) is 13.0 Å². The topological polar surface area (TPSA) is 38.6 Å². The van der Waals surface area contributed by atoms with Gasteiger partial charge in [0, 0.05) is 18.1 Å². The van der Waals surface area contributed by atoms with Gasteiger partial charge in [0.1, 0.15) is 5.69 Å². The number of benzene rings is 1. The van der Waals surface area contributed by atoms with Crippen LogP contribution in [0.25, 0.3) is 4.96 Å². The summed E-state index contributed by atoms with van der Waals surface area (Å²) in [5, 5.41) is 5.52. The first-order chi connectivity index (χ1) is 10.3. The Balaban J connectivity index is 1.60. The highest BCUT2D eigenvalue weighted by Crippen LogP contribution is 2.22. The summed E-state index contributed by atoms with van der Waals surface area (Å²) in [6.07, 6.45) is 3.06. The fourth-order valence-corrected chi connectivity index (χ4v) is 3.17. The minimum absolute atomic E-state index is 0.713. The van der Waals surface area contributed by atoms with Gasteiger partial charge in [-0.3, -0.25) is 4.40 Å². The van der Waals surface area contributed by atoms with Gasteiger partial charge < -0.3 is 10.1 Å². The van der Waals surface area contributed by atoms with Gasteiger partial charge in [-0.15, -0.1) is 11.3 Å². The molecule has 3 aromatic rings. The van der Waals surface area contributed by atoms with Gasteiger partial charge in [-0.05, 0) is 25.5 Å². The van der Waals surface area contributed by atoms with E-state index in [1.807, 2.05) is 11.6 Å². The Morgan fingerprint density at radius 3 is 3.10 bits per heavy atom. The molecule has 110 valence electrons. The number of nitrogens with zero attached hydrogens (tertiary/aromatic N) is 2. The van der Waals surface area contributed by atoms with Crippen LogP contribution in [0.1, 0.15) is 16.8 Å². The first-order valence-corrected chi connectivity index (χ1v) is 7.90. The highest BCUT2D eigenvalue weighted by molar-refractivity contribution is 7.15. The third-order valence-corrected chi connectivity index (χ3v) is 4.24. The summed E-state index contributed by atoms with van der Waals surface area (Å²) >= 11 is 1.62. The standard InChI is InChI=1S/C16H19N3OS/c1-12-4-3-5-13(10-12)6-7-17-11-14-15(20-2)18-16-19(14)8-9-21-16/h3-5,8-10,17H,6-7,11H2,1-2H3. The van der Waals surface area contributed by atoms with Crippen molar-refractivity contribution in [2.45, 2.75) is 19.9 Å². The van der Waals surface area contributed by atoms with Gasteiger partial charge in [-0.1, -0.05) is 29.8 Å². The quantitative estimate of drug-likeness (QED) is 0.711. The first kappa shape index (κ1) is 14.1. The monoisotopic (exact) mass is 301 g/mol. The van der Waals surface area contributed by atoms with E-state index in [1.165, 1.54) is 11.1 Å². The van der Waals surface area contributed by atoms with Crippen LogP contribution >= 0.6 is 11.3 Å². The number of methoxy groups -OCH3 is 1. The van der Waals surface area contributed by atoms with E-state index in [1.54, 1.807) is 18.4 Å². The molecule has 0 bridgehead atoms. The molecule has 0 aliphatic heterocycles. The van der Waals surface area contributed by atoms with Gasteiger partial charge >= 0.3 is 0 Å². The molecule has 1 aromatic carbocycles. The number of fused-ring (bicyclic) bond motifs is 1. The van der Waals surface area contributed by atoms with Crippen molar-refractivity contribution >= 4 is 16.3 Å². The lowest BCUT2D eigenvalue weighted by Gasteiger charge is -2.06. The highest BCUT2D eigenvalue weighted by atomic mass is 32.1. The van der Waals surface area contributed by atoms with Crippen LogP contribution in [0.15, 0.2) is 35.8 Å². The number of aryl methyl sites for hydroxylation is 1. The van der Waals surface area contributed by atoms with Gasteiger partial charge in [0.15, 0.2) is 4.96 Å². The third kappa shape index (κ3) is 3.09. The molecule has 0 saturated heterocycles. The molecular weight excluding hydrogens is 282 g/mol. The summed E-state index contributed by atoms with van der Waals surface area (Å²) in [6.45, 7) is 3.82. The molecule has 0 aliphatic rings. The summed E-state index contributed by atoms with van der Waals surface area (Å²) in [6, 6.07) is 8.64. The Morgan fingerprint density at radius 2 is 2.29 bits per heavy atom. The summed E-state index contributed by atoms with van der Waals surface area (Å²) in [5.74, 6) is 0.713. The van der Waals surface area contributed by atoms with Crippen LogP contribution in [-0.4, -0.2) is 23.0 Å². The van der Waals surface area contributed by atoms with Gasteiger partial charge in [-0.25, -0.2) is 0 Å². The number of thiazole rings is 1. The lowest BCUT2D eigenvalue weighted by atomic mass is 10.1. The number of imidazole rings is 1. The van der Waals surface area contributed by atoms with Crippen molar-refractivity contribution in [3.63, 3.8) is 0 Å². The molecule has 1 N–H and O–H groups in total. The van der Waals surface area contributed by atoms with Crippen LogP contribution in [0, 0.1) is 6.92 Å². The maximum atomic E-state index is 5.35. The maximum absolute atomic E-state index is 5.35. The van der Waals surface area contributed by atoms with E-state index in [4.69, 9.17) is 4.74 Å². The number of ether oxygens (including phenoxy) is 1. The normalized spacial score (nSPS) is 11.1. The molecule has 0 unspecified atom stereocenters. The first-order valence-electron chi connectivity index (χ1n) is 7.02. The minimum Gasteiger partial charge on any atom is -0.480 e. The molecular formula is C16H19N3OS. The zero-order chi connectivity index (χ0) is 14.7. The molecule has 2 heterocycles. The van der Waals surface area contributed by atoms with Gasteiger partial charge in [0.2, 0.25) is 5.88 Å². The van der Waals surface area contributed by atoms with E-state index in [0.717, 1.165) is 30.2 Å². The van der Waals surface area contributed by atoms with E-state index in [0.29, 0.717) is 5.88 Å². The van der Waals surface area contributed by atoms with Crippen molar-refractivity contribution < 1.29 is 4.74 Å². The summed E-state index contributed by atoms with van der Waals surface area (Å²) in [4.78, 5) is 5.43. The molecule has 0 atom stereocenters. The Morgan fingerprint density at radius 1 is 1.38 bits per heavy atom. The SMILES string of the molecule is COc1nc2sccn2c1CNCCc1cccc(C)c1. The summed E-state index contributed by atoms with van der Waals surface area (Å²) in [7, 11) is 1.67. The Bertz CT molecular complexity index is 732. The van der Waals surface area contributed by atoms with Crippen molar-refractivity contribution in [1.29, 1.82) is 0 Å². The Labute approximate surface area is 128 Å². The fraction of sp³-hybridized carbons (Fsp3) is 0.312. The number of hydrogen-bond acceptors (Lipinski definition) is 4. The van der Waals surface area contributed by atoms with Crippen LogP contribution < -0.4 is 10.1 Å². The molecule has 2 aromatic heterocycles. The zero-order valence-electron chi connectivity index (χ0n) is 12.3. The van der Waals surface area contributed by atoms with Crippen molar-refractivity contribution in [2.75, 3.05) is 13.7 Å². The molecule has 5 heteroatoms. The molecule has 4 nitrogen and oxygen atoms in total. The van der Waals surface area contributed by atoms with Crippen molar-refractivity contribution in [1.82, 2.24) is 14.7 Å². The second-order valence-electron chi connectivity index (χ2n) is 5.04. The Hall–Kier alpha value is -1.85. The number of nitrogens with one attached hydrogen (secondary N) is 1. The molecule has 0 amide bonds. The fourth-order valence-electron chi connectivity index (χ4n) is 2.44. The van der Waals surface area contributed by atoms with E-state index >= 15 is 0 Å². The highest BCUT2D eigenvalue weighted by Gasteiger charge is 2.12. The number of rotatable bonds is 6. The van der Waals surface area contributed by atoms with E-state index < -0.39 is 0 Å². The summed E-state index contributed by atoms with van der Waals surface area (Å²) in [5.41, 5.74) is 3.76. The largest absolute Gasteiger partial charge is 0.480 e. The van der Waals surface area contributed by atoms with Crippen LogP contribution in [0.2, 0.25) is 0 Å². The smallest absolute Gasteiger partial charge is 0.237 e. The average molecular weight is 301 g/mol. The van der Waals surface area contributed by atoms with Gasteiger partial charge in [0.25, 0.3) is 0 Å². The molecule has 0 saturated carbocycles. The molecule has 0 spiro atoms. The van der Waals surface area contributed by atoms with E-state index in [9.17, 15) is 0 Å². The lowest BCUT2D eigenvalue weighted by Crippen LogP contribution is -2.18. The Kier molecular flexibility index (Phi) is 4.22. The minimum atomic E-state index is 0.713. The predicted octanol–water partition coefficient (Wildman–Crippen LogP) is 3.05. The summed E-state index contributed by atoms with van der Waals surface area (Å²) < 4.78 is 7.44. The zero-order valence-corrected chi connectivity index (χ0v) is 13.1. The van der Waals surface area contributed by atoms with Crippen LogP contribution in [0.5, 0.6) is 5.88 Å². The second-order valence-corrected chi connectivity index (χ2v) is 5.91. The second kappa shape index (κ2) is 6.28. The number of hydrogen-bond donors (Lipinski definition) is 1. The molecule has 0 fully saturated rings. The third-order valence-electron chi connectivity index (χ3n) is 3.48. The molecule has 21 heavy (non-hydrogen) atoms. The van der Waals surface area contributed by atoms with Crippen molar-refractivity contribution in [3.8, 4) is 5.88 Å². The molecule has 0 radical (unpaired) electrons. The average Bonchev–Trinajstić information content (AvgIpc) is 3.05. The van der Waals surface area contributed by atoms with Crippen LogP contribution in [0.3, 0.4) is 0 Å². The number of aromatic nitrogens is 2. The maximum Gasteiger partial charge on any atom is 0.237 e.